The molecule has 1 aliphatic carbocycles. The average molecular weight is 425 g/mol. The number of aryl methyl sites for hydroxylation is 1. The molecule has 4 nitrogen and oxygen atoms in total. The lowest BCUT2D eigenvalue weighted by Crippen LogP contribution is -2.60. The molecule has 2 unspecified atom stereocenters. The molecule has 0 aromatic heterocycles. The molecule has 0 spiro atoms. The van der Waals surface area contributed by atoms with E-state index in [-0.39, 0.29) is 0 Å². The average Bonchev–Trinajstić information content (AvgIpc) is 2.73. The fraction of sp³-hybridized carbons (Fsp3) is 0.520. The van der Waals surface area contributed by atoms with Gasteiger partial charge in [-0.25, -0.2) is 9.56 Å². The van der Waals surface area contributed by atoms with Gasteiger partial charge in [-0.2, -0.15) is 0 Å². The molecule has 0 bridgehead atoms. The summed E-state index contributed by atoms with van der Waals surface area (Å²) in [6, 6.07) is 10.6. The summed E-state index contributed by atoms with van der Waals surface area (Å²) in [7, 11) is 1.74. The monoisotopic (exact) mass is 424 g/mol. The van der Waals surface area contributed by atoms with Crippen molar-refractivity contribution in [2.24, 2.45) is 0 Å². The van der Waals surface area contributed by atoms with Gasteiger partial charge in [-0.05, 0) is 64.3 Å². The van der Waals surface area contributed by atoms with Crippen LogP contribution in [0.25, 0.3) is 20.8 Å². The van der Waals surface area contributed by atoms with E-state index in [1.165, 1.54) is 32.5 Å². The van der Waals surface area contributed by atoms with E-state index in [1.807, 2.05) is 11.3 Å². The third kappa shape index (κ3) is 3.63. The molecule has 1 aromatic carbocycles. The molecule has 2 heterocycles. The van der Waals surface area contributed by atoms with Crippen LogP contribution in [-0.2, 0) is 0 Å². The van der Waals surface area contributed by atoms with E-state index >= 15 is 0 Å². The number of benzene rings is 2. The Labute approximate surface area is 184 Å². The highest BCUT2D eigenvalue weighted by molar-refractivity contribution is 7.21. The van der Waals surface area contributed by atoms with Gasteiger partial charge in [-0.3, -0.25) is 4.90 Å². The Morgan fingerprint density at radius 3 is 2.63 bits per heavy atom. The zero-order valence-electron chi connectivity index (χ0n) is 19.3. The molecule has 0 N–H and O–H groups in total. The molecule has 5 heteroatoms. The predicted molar refractivity (Wildman–Crippen MR) is 128 cm³/mol. The zero-order chi connectivity index (χ0) is 21.6. The number of rotatable bonds is 3. The molecule has 30 heavy (non-hydrogen) atoms. The van der Waals surface area contributed by atoms with Gasteiger partial charge in [0.2, 0.25) is 5.36 Å². The van der Waals surface area contributed by atoms with Crippen LogP contribution in [0.1, 0.15) is 45.2 Å². The van der Waals surface area contributed by atoms with Crippen LogP contribution in [0, 0.1) is 13.8 Å². The molecule has 2 atom stereocenters. The Balaban J connectivity index is 1.84. The Morgan fingerprint density at radius 1 is 1.20 bits per heavy atom. The van der Waals surface area contributed by atoms with Gasteiger partial charge in [0.25, 0.3) is 0 Å². The number of methoxy groups -OCH3 is 1. The number of hydrogen-bond donors (Lipinski definition) is 0. The van der Waals surface area contributed by atoms with Crippen LogP contribution in [0.4, 0.5) is 0 Å². The maximum atomic E-state index is 5.60. The number of fused-ring (bicyclic) bond motifs is 2. The quantitative estimate of drug-likeness (QED) is 0.451. The highest BCUT2D eigenvalue weighted by Crippen LogP contribution is 2.35. The molecule has 0 radical (unpaired) electrons. The first kappa shape index (κ1) is 21.3. The van der Waals surface area contributed by atoms with E-state index in [4.69, 9.17) is 9.72 Å². The topological polar surface area (TPSA) is 28.4 Å². The van der Waals surface area contributed by atoms with E-state index < -0.39 is 0 Å². The van der Waals surface area contributed by atoms with Gasteiger partial charge in [-0.1, -0.05) is 6.92 Å². The van der Waals surface area contributed by atoms with Gasteiger partial charge in [0.15, 0.2) is 13.1 Å². The summed E-state index contributed by atoms with van der Waals surface area (Å²) in [5.41, 5.74) is 4.54. The maximum Gasteiger partial charge on any atom is 0.201 e. The van der Waals surface area contributed by atoms with Gasteiger partial charge in [0.05, 0.1) is 40.0 Å². The first-order chi connectivity index (χ1) is 14.3. The second-order valence-corrected chi connectivity index (χ2v) is 9.98. The lowest BCUT2D eigenvalue weighted by molar-refractivity contribution is 0.0594. The molecule has 1 fully saturated rings. The number of nitrogens with zero attached hydrogens (tertiary/aromatic N) is 3. The van der Waals surface area contributed by atoms with Crippen molar-refractivity contribution in [2.45, 2.75) is 66.1 Å². The molecule has 4 rings (SSSR count). The third-order valence-corrected chi connectivity index (χ3v) is 7.76. The van der Waals surface area contributed by atoms with Gasteiger partial charge >= 0.3 is 0 Å². The number of ether oxygens (including phenoxy) is 1. The van der Waals surface area contributed by atoms with Gasteiger partial charge in [0, 0.05) is 18.2 Å². The van der Waals surface area contributed by atoms with Gasteiger partial charge < -0.3 is 4.74 Å². The van der Waals surface area contributed by atoms with E-state index in [0.717, 1.165) is 30.0 Å². The summed E-state index contributed by atoms with van der Waals surface area (Å²) in [5, 5.41) is 1.31. The number of hydrogen-bond acceptors (Lipinski definition) is 4. The Bertz CT molecular complexity index is 1120. The molecule has 1 saturated heterocycles. The minimum absolute atomic E-state index is 0.549. The molecular weight excluding hydrogens is 390 g/mol. The molecule has 2 aliphatic heterocycles. The lowest BCUT2D eigenvalue weighted by atomic mass is 10.0. The van der Waals surface area contributed by atoms with Crippen LogP contribution >= 0.6 is 11.3 Å². The smallest absolute Gasteiger partial charge is 0.201 e. The van der Waals surface area contributed by atoms with Crippen molar-refractivity contribution in [1.82, 2.24) is 14.5 Å². The van der Waals surface area contributed by atoms with Crippen molar-refractivity contribution >= 4 is 21.6 Å². The third-order valence-electron chi connectivity index (χ3n) is 6.68. The zero-order valence-corrected chi connectivity index (χ0v) is 20.1. The highest BCUT2D eigenvalue weighted by Gasteiger charge is 2.35. The fourth-order valence-corrected chi connectivity index (χ4v) is 6.16. The van der Waals surface area contributed by atoms with Crippen LogP contribution in [0.3, 0.4) is 0 Å². The van der Waals surface area contributed by atoms with Crippen molar-refractivity contribution in [3.8, 4) is 16.3 Å². The molecule has 3 aliphatic rings. The van der Waals surface area contributed by atoms with E-state index in [1.54, 1.807) is 7.11 Å². The minimum Gasteiger partial charge on any atom is -0.496 e. The summed E-state index contributed by atoms with van der Waals surface area (Å²) in [5.74, 6) is 0.943. The highest BCUT2D eigenvalue weighted by atomic mass is 32.1. The summed E-state index contributed by atoms with van der Waals surface area (Å²) in [6.07, 6.45) is 1.18. The Morgan fingerprint density at radius 2 is 1.97 bits per heavy atom. The number of aromatic nitrogens is 1. The van der Waals surface area contributed by atoms with Crippen molar-refractivity contribution < 1.29 is 4.74 Å². The SMILES string of the molecule is CCC1C[N+](=c2ccc3nc4c(C)c(C)c(OC)cc4sc-3c2)CC(C)N1C(C)C. The molecule has 0 amide bonds. The van der Waals surface area contributed by atoms with Crippen LogP contribution in [0.15, 0.2) is 24.3 Å². The maximum absolute atomic E-state index is 5.60. The van der Waals surface area contributed by atoms with Crippen molar-refractivity contribution in [2.75, 3.05) is 20.2 Å². The predicted octanol–water partition coefficient (Wildman–Crippen LogP) is 4.69. The Hall–Kier alpha value is -1.98. The van der Waals surface area contributed by atoms with Crippen molar-refractivity contribution in [3.63, 3.8) is 0 Å². The van der Waals surface area contributed by atoms with Gasteiger partial charge in [0.1, 0.15) is 5.75 Å². The lowest BCUT2D eigenvalue weighted by Gasteiger charge is -2.41. The standard InChI is InChI=1S/C25H34N3OS/c1-8-19-14-27(13-16(4)28(19)15(2)3)20-9-10-21-23(11-20)30-24-12-22(29-7)17(5)18(6)25(24)26-21/h9-12,15-16,19H,8,13-14H2,1-7H3/q+1. The summed E-state index contributed by atoms with van der Waals surface area (Å²) in [6.45, 7) is 15.7. The normalized spacial score (nSPS) is 22.3. The van der Waals surface area contributed by atoms with Crippen LogP contribution in [-0.4, -0.2) is 48.2 Å². The first-order valence-corrected chi connectivity index (χ1v) is 11.9. The summed E-state index contributed by atoms with van der Waals surface area (Å²) in [4.78, 5) is 8.93. The molecule has 0 saturated carbocycles. The van der Waals surface area contributed by atoms with Crippen molar-refractivity contribution in [1.29, 1.82) is 0 Å². The van der Waals surface area contributed by atoms with Crippen molar-refractivity contribution in [3.05, 3.63) is 40.7 Å². The van der Waals surface area contributed by atoms with Crippen LogP contribution in [0.2, 0.25) is 0 Å². The van der Waals surface area contributed by atoms with E-state index in [2.05, 4.69) is 75.3 Å². The van der Waals surface area contributed by atoms with E-state index in [9.17, 15) is 0 Å². The largest absolute Gasteiger partial charge is 0.496 e. The van der Waals surface area contributed by atoms with Gasteiger partial charge in [-0.15, -0.1) is 11.3 Å². The second-order valence-electron chi connectivity index (χ2n) is 8.90. The number of piperazine rings is 1. The fourth-order valence-electron chi connectivity index (χ4n) is 5.06. The summed E-state index contributed by atoms with van der Waals surface area (Å²) < 4.78 is 9.34. The molecule has 1 aromatic rings. The molecular formula is C25H34N3OS+. The second kappa shape index (κ2) is 8.27. The van der Waals surface area contributed by atoms with E-state index in [0.29, 0.717) is 18.1 Å². The van der Waals surface area contributed by atoms with Crippen LogP contribution in [0.5, 0.6) is 5.75 Å². The van der Waals surface area contributed by atoms with Crippen LogP contribution < -0.4 is 14.7 Å². The molecule has 160 valence electrons. The Kier molecular flexibility index (Phi) is 5.86. The first-order valence-electron chi connectivity index (χ1n) is 11.1. The minimum atomic E-state index is 0.549. The summed E-state index contributed by atoms with van der Waals surface area (Å²) >= 11 is 1.82.